The first-order valence-corrected chi connectivity index (χ1v) is 7.24. The van der Waals surface area contributed by atoms with E-state index in [-0.39, 0.29) is 5.41 Å². The van der Waals surface area contributed by atoms with Crippen LogP contribution in [0, 0.1) is 5.41 Å². The molecule has 1 N–H and O–H groups in total. The number of aromatic nitrogens is 2. The number of piperazine rings is 1. The molecular formula is C15H26N4. The van der Waals surface area contributed by atoms with Gasteiger partial charge in [0.25, 0.3) is 0 Å². The van der Waals surface area contributed by atoms with Gasteiger partial charge in [0, 0.05) is 37.6 Å². The van der Waals surface area contributed by atoms with Crippen LogP contribution in [-0.2, 0) is 6.54 Å². The van der Waals surface area contributed by atoms with Crippen LogP contribution >= 0.6 is 0 Å². The molecule has 1 fully saturated rings. The Bertz CT molecular complexity index is 385. The summed E-state index contributed by atoms with van der Waals surface area (Å²) < 4.78 is 0. The molecular weight excluding hydrogens is 236 g/mol. The van der Waals surface area contributed by atoms with Gasteiger partial charge in [0.15, 0.2) is 0 Å². The molecule has 1 aromatic heterocycles. The van der Waals surface area contributed by atoms with Crippen molar-refractivity contribution in [2.24, 2.45) is 5.41 Å². The summed E-state index contributed by atoms with van der Waals surface area (Å²) >= 11 is 0. The van der Waals surface area contributed by atoms with E-state index in [2.05, 4.69) is 47.9 Å². The normalized spacial score (nSPS) is 25.5. The van der Waals surface area contributed by atoms with Crippen LogP contribution in [0.5, 0.6) is 0 Å². The smallest absolute Gasteiger partial charge is 0.142 e. The van der Waals surface area contributed by atoms with Crippen molar-refractivity contribution >= 4 is 0 Å². The van der Waals surface area contributed by atoms with Gasteiger partial charge in [-0.05, 0) is 17.9 Å². The fraction of sp³-hybridized carbons (Fsp3) is 0.733. The van der Waals surface area contributed by atoms with Crippen molar-refractivity contribution in [2.45, 2.75) is 52.7 Å². The Morgan fingerprint density at radius 2 is 2.00 bits per heavy atom. The number of hydrogen-bond donors (Lipinski definition) is 1. The molecule has 0 aliphatic carbocycles. The standard InChI is InChI=1S/C15H26N4/c1-5-12-10-19(11-14-16-7-6-8-17-14)13(9-18-12)15(2,3)4/h6-8,12-13,18H,5,9-11H2,1-4H3. The molecule has 0 saturated carbocycles. The van der Waals surface area contributed by atoms with E-state index in [9.17, 15) is 0 Å². The van der Waals surface area contributed by atoms with E-state index in [1.165, 1.54) is 6.42 Å². The lowest BCUT2D eigenvalue weighted by Gasteiger charge is -2.46. The highest BCUT2D eigenvalue weighted by Crippen LogP contribution is 2.27. The third kappa shape index (κ3) is 3.74. The van der Waals surface area contributed by atoms with Gasteiger partial charge in [-0.25, -0.2) is 9.97 Å². The summed E-state index contributed by atoms with van der Waals surface area (Å²) in [6.07, 6.45) is 4.82. The molecule has 0 radical (unpaired) electrons. The van der Waals surface area contributed by atoms with Gasteiger partial charge in [-0.15, -0.1) is 0 Å². The summed E-state index contributed by atoms with van der Waals surface area (Å²) in [5, 5.41) is 3.66. The van der Waals surface area contributed by atoms with Crippen LogP contribution in [0.1, 0.15) is 39.9 Å². The van der Waals surface area contributed by atoms with Crippen molar-refractivity contribution < 1.29 is 0 Å². The predicted molar refractivity (Wildman–Crippen MR) is 77.8 cm³/mol. The molecule has 4 nitrogen and oxygen atoms in total. The Hall–Kier alpha value is -1.00. The zero-order chi connectivity index (χ0) is 13.9. The minimum absolute atomic E-state index is 0.264. The number of rotatable bonds is 3. The molecule has 0 spiro atoms. The average Bonchev–Trinajstić information content (AvgIpc) is 2.38. The summed E-state index contributed by atoms with van der Waals surface area (Å²) in [7, 11) is 0. The lowest BCUT2D eigenvalue weighted by Crippen LogP contribution is -2.60. The van der Waals surface area contributed by atoms with Crippen LogP contribution in [0.15, 0.2) is 18.5 Å². The summed E-state index contributed by atoms with van der Waals surface area (Å²) in [6.45, 7) is 12.2. The maximum Gasteiger partial charge on any atom is 0.142 e. The van der Waals surface area contributed by atoms with Crippen molar-refractivity contribution in [1.82, 2.24) is 20.2 Å². The highest BCUT2D eigenvalue weighted by Gasteiger charge is 2.35. The predicted octanol–water partition coefficient (Wildman–Crippen LogP) is 2.08. The molecule has 1 aromatic rings. The highest BCUT2D eigenvalue weighted by atomic mass is 15.3. The van der Waals surface area contributed by atoms with Crippen LogP contribution in [-0.4, -0.2) is 40.0 Å². The van der Waals surface area contributed by atoms with Crippen molar-refractivity contribution in [3.8, 4) is 0 Å². The average molecular weight is 262 g/mol. The Morgan fingerprint density at radius 1 is 1.32 bits per heavy atom. The summed E-state index contributed by atoms with van der Waals surface area (Å²) in [4.78, 5) is 11.3. The molecule has 0 aromatic carbocycles. The molecule has 1 aliphatic rings. The minimum Gasteiger partial charge on any atom is -0.311 e. The molecule has 106 valence electrons. The van der Waals surface area contributed by atoms with Gasteiger partial charge in [0.05, 0.1) is 6.54 Å². The van der Waals surface area contributed by atoms with Gasteiger partial charge < -0.3 is 5.32 Å². The van der Waals surface area contributed by atoms with Crippen molar-refractivity contribution in [2.75, 3.05) is 13.1 Å². The topological polar surface area (TPSA) is 41.1 Å². The summed E-state index contributed by atoms with van der Waals surface area (Å²) in [5.74, 6) is 0.925. The maximum absolute atomic E-state index is 4.37. The molecule has 1 aliphatic heterocycles. The first kappa shape index (κ1) is 14.4. The molecule has 0 bridgehead atoms. The fourth-order valence-corrected chi connectivity index (χ4v) is 2.78. The van der Waals surface area contributed by atoms with Crippen molar-refractivity contribution in [1.29, 1.82) is 0 Å². The van der Waals surface area contributed by atoms with Crippen molar-refractivity contribution in [3.05, 3.63) is 24.3 Å². The van der Waals surface area contributed by atoms with E-state index in [1.54, 1.807) is 0 Å². The summed E-state index contributed by atoms with van der Waals surface area (Å²) in [6, 6.07) is 2.98. The molecule has 2 heterocycles. The maximum atomic E-state index is 4.37. The van der Waals surface area contributed by atoms with Gasteiger partial charge in [-0.1, -0.05) is 27.7 Å². The third-order valence-corrected chi connectivity index (χ3v) is 3.95. The molecule has 4 heteroatoms. The lowest BCUT2D eigenvalue weighted by molar-refractivity contribution is 0.0465. The second kappa shape index (κ2) is 5.97. The molecule has 2 unspecified atom stereocenters. The Balaban J connectivity index is 2.11. The monoisotopic (exact) mass is 262 g/mol. The van der Waals surface area contributed by atoms with Gasteiger partial charge in [0.1, 0.15) is 5.82 Å². The zero-order valence-corrected chi connectivity index (χ0v) is 12.6. The largest absolute Gasteiger partial charge is 0.311 e. The molecule has 19 heavy (non-hydrogen) atoms. The van der Waals surface area contributed by atoms with Crippen LogP contribution < -0.4 is 5.32 Å². The third-order valence-electron chi connectivity index (χ3n) is 3.95. The van der Waals surface area contributed by atoms with Crippen LogP contribution in [0.4, 0.5) is 0 Å². The van der Waals surface area contributed by atoms with Crippen LogP contribution in [0.2, 0.25) is 0 Å². The first-order valence-electron chi connectivity index (χ1n) is 7.24. The highest BCUT2D eigenvalue weighted by molar-refractivity contribution is 4.96. The minimum atomic E-state index is 0.264. The first-order chi connectivity index (χ1) is 9.00. The number of nitrogens with zero attached hydrogens (tertiary/aromatic N) is 3. The van der Waals surface area contributed by atoms with Gasteiger partial charge in [0.2, 0.25) is 0 Å². The summed E-state index contributed by atoms with van der Waals surface area (Å²) in [5.41, 5.74) is 0.264. The SMILES string of the molecule is CCC1CN(Cc2ncccn2)C(C(C)(C)C)CN1. The molecule has 2 rings (SSSR count). The zero-order valence-electron chi connectivity index (χ0n) is 12.6. The Labute approximate surface area is 116 Å². The van der Waals surface area contributed by atoms with E-state index in [4.69, 9.17) is 0 Å². The molecule has 2 atom stereocenters. The van der Waals surface area contributed by atoms with E-state index in [0.717, 1.165) is 25.5 Å². The second-order valence-electron chi connectivity index (χ2n) is 6.49. The molecule has 0 amide bonds. The van der Waals surface area contributed by atoms with Gasteiger partial charge in [-0.3, -0.25) is 4.90 Å². The van der Waals surface area contributed by atoms with E-state index in [1.807, 2.05) is 18.5 Å². The van der Waals surface area contributed by atoms with E-state index in [0.29, 0.717) is 12.1 Å². The number of nitrogens with one attached hydrogen (secondary N) is 1. The van der Waals surface area contributed by atoms with Gasteiger partial charge in [-0.2, -0.15) is 0 Å². The second-order valence-corrected chi connectivity index (χ2v) is 6.49. The Morgan fingerprint density at radius 3 is 2.58 bits per heavy atom. The van der Waals surface area contributed by atoms with E-state index >= 15 is 0 Å². The van der Waals surface area contributed by atoms with Crippen LogP contribution in [0.3, 0.4) is 0 Å². The quantitative estimate of drug-likeness (QED) is 0.905. The van der Waals surface area contributed by atoms with Crippen LogP contribution in [0.25, 0.3) is 0 Å². The lowest BCUT2D eigenvalue weighted by atomic mass is 9.83. The van der Waals surface area contributed by atoms with Gasteiger partial charge >= 0.3 is 0 Å². The fourth-order valence-electron chi connectivity index (χ4n) is 2.78. The van der Waals surface area contributed by atoms with E-state index < -0.39 is 0 Å². The van der Waals surface area contributed by atoms with Crippen molar-refractivity contribution in [3.63, 3.8) is 0 Å². The molecule has 1 saturated heterocycles. The Kier molecular flexibility index (Phi) is 4.53. The number of hydrogen-bond acceptors (Lipinski definition) is 4.